The van der Waals surface area contributed by atoms with Gasteiger partial charge in [-0.3, -0.25) is 4.79 Å². The van der Waals surface area contributed by atoms with E-state index in [9.17, 15) is 4.79 Å². The van der Waals surface area contributed by atoms with Crippen molar-refractivity contribution < 1.29 is 9.53 Å². The Bertz CT molecular complexity index is 955. The third kappa shape index (κ3) is 4.45. The van der Waals surface area contributed by atoms with Crippen molar-refractivity contribution in [2.24, 2.45) is 0 Å². The number of nitrogens with two attached hydrogens (primary N) is 1. The smallest absolute Gasteiger partial charge is 0.233 e. The number of nitrogens with zero attached hydrogens (tertiary/aromatic N) is 4. The van der Waals surface area contributed by atoms with Crippen LogP contribution in [0.15, 0.2) is 53.7 Å². The number of amides is 1. The van der Waals surface area contributed by atoms with Crippen LogP contribution in [0.5, 0.6) is 5.75 Å². The molecule has 0 atom stereocenters. The first-order valence-electron chi connectivity index (χ1n) is 8.75. The molecule has 0 radical (unpaired) electrons. The van der Waals surface area contributed by atoms with Gasteiger partial charge in [-0.2, -0.15) is 0 Å². The molecule has 0 unspecified atom stereocenters. The number of hydrogen-bond acceptors (Lipinski definition) is 6. The molecular formula is C20H23N5O2S. The summed E-state index contributed by atoms with van der Waals surface area (Å²) < 4.78 is 6.76. The fourth-order valence-corrected chi connectivity index (χ4v) is 3.49. The summed E-state index contributed by atoms with van der Waals surface area (Å²) in [4.78, 5) is 14.2. The van der Waals surface area contributed by atoms with E-state index in [1.54, 1.807) is 19.1 Å². The van der Waals surface area contributed by atoms with Crippen molar-refractivity contribution in [3.8, 4) is 17.1 Å². The number of rotatable bonds is 7. The Hall–Kier alpha value is -3.00. The van der Waals surface area contributed by atoms with Gasteiger partial charge in [-0.05, 0) is 13.0 Å². The zero-order valence-electron chi connectivity index (χ0n) is 16.1. The van der Waals surface area contributed by atoms with E-state index in [0.29, 0.717) is 17.5 Å². The SMILES string of the molecule is COc1ccccc1CN(C)C(=O)CSc1nnc(-c2ccc(C)cc2)n1N. The Labute approximate surface area is 168 Å². The largest absolute Gasteiger partial charge is 0.496 e. The molecule has 0 bridgehead atoms. The monoisotopic (exact) mass is 397 g/mol. The average molecular weight is 398 g/mol. The van der Waals surface area contributed by atoms with E-state index in [1.807, 2.05) is 55.5 Å². The van der Waals surface area contributed by atoms with Crippen LogP contribution in [-0.2, 0) is 11.3 Å². The van der Waals surface area contributed by atoms with Crippen molar-refractivity contribution >= 4 is 17.7 Å². The number of para-hydroxylation sites is 1. The molecule has 3 aromatic rings. The minimum absolute atomic E-state index is 0.0317. The van der Waals surface area contributed by atoms with Crippen molar-refractivity contribution in [3.63, 3.8) is 0 Å². The van der Waals surface area contributed by atoms with Gasteiger partial charge in [0, 0.05) is 24.7 Å². The maximum absolute atomic E-state index is 12.5. The Morgan fingerprint density at radius 2 is 1.89 bits per heavy atom. The van der Waals surface area contributed by atoms with E-state index in [-0.39, 0.29) is 11.7 Å². The second kappa shape index (κ2) is 8.79. The lowest BCUT2D eigenvalue weighted by Crippen LogP contribution is -2.28. The molecule has 1 amide bonds. The molecule has 0 aliphatic carbocycles. The normalized spacial score (nSPS) is 10.7. The van der Waals surface area contributed by atoms with Crippen LogP contribution in [0, 0.1) is 6.92 Å². The highest BCUT2D eigenvalue weighted by Gasteiger charge is 2.16. The number of aryl methyl sites for hydroxylation is 1. The molecule has 1 heterocycles. The zero-order valence-corrected chi connectivity index (χ0v) is 16.9. The summed E-state index contributed by atoms with van der Waals surface area (Å²) in [5, 5.41) is 8.77. The van der Waals surface area contributed by atoms with Crippen LogP contribution >= 0.6 is 11.8 Å². The molecule has 28 heavy (non-hydrogen) atoms. The molecule has 0 aliphatic rings. The van der Waals surface area contributed by atoms with Crippen molar-refractivity contribution in [2.75, 3.05) is 25.8 Å². The van der Waals surface area contributed by atoms with Crippen LogP contribution in [-0.4, -0.2) is 45.6 Å². The van der Waals surface area contributed by atoms with E-state index in [2.05, 4.69) is 10.2 Å². The van der Waals surface area contributed by atoms with E-state index in [0.717, 1.165) is 22.4 Å². The van der Waals surface area contributed by atoms with Gasteiger partial charge in [0.25, 0.3) is 0 Å². The van der Waals surface area contributed by atoms with Gasteiger partial charge in [0.1, 0.15) is 5.75 Å². The molecule has 7 nitrogen and oxygen atoms in total. The third-order valence-electron chi connectivity index (χ3n) is 4.32. The van der Waals surface area contributed by atoms with Crippen molar-refractivity contribution in [1.82, 2.24) is 19.8 Å². The Balaban J connectivity index is 1.62. The Morgan fingerprint density at radius 3 is 2.61 bits per heavy atom. The molecule has 1 aromatic heterocycles. The van der Waals surface area contributed by atoms with Gasteiger partial charge in [0.15, 0.2) is 5.82 Å². The summed E-state index contributed by atoms with van der Waals surface area (Å²) >= 11 is 1.26. The van der Waals surface area contributed by atoms with Crippen LogP contribution in [0.4, 0.5) is 0 Å². The minimum Gasteiger partial charge on any atom is -0.496 e. The first-order chi connectivity index (χ1) is 13.5. The van der Waals surface area contributed by atoms with Gasteiger partial charge in [-0.25, -0.2) is 4.68 Å². The molecule has 2 N–H and O–H groups in total. The van der Waals surface area contributed by atoms with Crippen LogP contribution in [0.25, 0.3) is 11.4 Å². The lowest BCUT2D eigenvalue weighted by molar-refractivity contribution is -0.127. The predicted octanol–water partition coefficient (Wildman–Crippen LogP) is 2.73. The van der Waals surface area contributed by atoms with Crippen LogP contribution < -0.4 is 10.6 Å². The summed E-state index contributed by atoms with van der Waals surface area (Å²) in [6, 6.07) is 15.5. The summed E-state index contributed by atoms with van der Waals surface area (Å²) in [5.74, 6) is 7.64. The van der Waals surface area contributed by atoms with E-state index >= 15 is 0 Å². The lowest BCUT2D eigenvalue weighted by atomic mass is 10.1. The first-order valence-corrected chi connectivity index (χ1v) is 9.74. The highest BCUT2D eigenvalue weighted by molar-refractivity contribution is 7.99. The number of nitrogen functional groups attached to an aromatic ring is 1. The number of benzene rings is 2. The third-order valence-corrected chi connectivity index (χ3v) is 5.25. The molecule has 0 spiro atoms. The maximum atomic E-state index is 12.5. The number of ether oxygens (including phenoxy) is 1. The molecule has 146 valence electrons. The number of aromatic nitrogens is 3. The number of carbonyl (C=O) groups is 1. The highest BCUT2D eigenvalue weighted by Crippen LogP contribution is 2.23. The van der Waals surface area contributed by atoms with Crippen molar-refractivity contribution in [1.29, 1.82) is 0 Å². The average Bonchev–Trinajstić information content (AvgIpc) is 3.07. The zero-order chi connectivity index (χ0) is 20.1. The number of methoxy groups -OCH3 is 1. The first kappa shape index (κ1) is 19.8. The fraction of sp³-hybridized carbons (Fsp3) is 0.250. The number of hydrogen-bond donors (Lipinski definition) is 1. The molecule has 2 aromatic carbocycles. The molecule has 0 fully saturated rings. The molecule has 0 aliphatic heterocycles. The topological polar surface area (TPSA) is 86.3 Å². The van der Waals surface area contributed by atoms with E-state index in [4.69, 9.17) is 10.6 Å². The molecular weight excluding hydrogens is 374 g/mol. The van der Waals surface area contributed by atoms with E-state index in [1.165, 1.54) is 16.4 Å². The predicted molar refractivity (Wildman–Crippen MR) is 111 cm³/mol. The summed E-state index contributed by atoms with van der Waals surface area (Å²) in [7, 11) is 3.39. The maximum Gasteiger partial charge on any atom is 0.233 e. The molecule has 0 saturated heterocycles. The summed E-state index contributed by atoms with van der Waals surface area (Å²) in [5.41, 5.74) is 2.99. The minimum atomic E-state index is -0.0317. The van der Waals surface area contributed by atoms with Gasteiger partial charge < -0.3 is 15.5 Å². The van der Waals surface area contributed by atoms with E-state index < -0.39 is 0 Å². The van der Waals surface area contributed by atoms with Gasteiger partial charge >= 0.3 is 0 Å². The van der Waals surface area contributed by atoms with Gasteiger partial charge in [-0.1, -0.05) is 59.8 Å². The standard InChI is InChI=1S/C20H23N5O2S/c1-14-8-10-15(11-9-14)19-22-23-20(25(19)21)28-13-18(26)24(2)12-16-6-4-5-7-17(16)27-3/h4-11H,12-13,21H2,1-3H3. The van der Waals surface area contributed by atoms with Crippen LogP contribution in [0.1, 0.15) is 11.1 Å². The van der Waals surface area contributed by atoms with Crippen LogP contribution in [0.3, 0.4) is 0 Å². The van der Waals surface area contributed by atoms with Gasteiger partial charge in [0.05, 0.1) is 12.9 Å². The molecule has 8 heteroatoms. The molecule has 0 saturated carbocycles. The van der Waals surface area contributed by atoms with Crippen molar-refractivity contribution in [3.05, 3.63) is 59.7 Å². The summed E-state index contributed by atoms with van der Waals surface area (Å²) in [6.45, 7) is 2.48. The second-order valence-electron chi connectivity index (χ2n) is 6.39. The Morgan fingerprint density at radius 1 is 1.18 bits per heavy atom. The number of thioether (sulfide) groups is 1. The second-order valence-corrected chi connectivity index (χ2v) is 7.34. The Kier molecular flexibility index (Phi) is 6.20. The number of carbonyl (C=O) groups excluding carboxylic acids is 1. The fourth-order valence-electron chi connectivity index (χ4n) is 2.69. The highest BCUT2D eigenvalue weighted by atomic mass is 32.2. The summed E-state index contributed by atoms with van der Waals surface area (Å²) in [6.07, 6.45) is 0. The lowest BCUT2D eigenvalue weighted by Gasteiger charge is -2.18. The molecule has 3 rings (SSSR count). The van der Waals surface area contributed by atoms with Gasteiger partial charge in [0.2, 0.25) is 11.1 Å². The van der Waals surface area contributed by atoms with Crippen LogP contribution in [0.2, 0.25) is 0 Å². The quantitative estimate of drug-likeness (QED) is 0.487. The van der Waals surface area contributed by atoms with Crippen molar-refractivity contribution in [2.45, 2.75) is 18.6 Å². The van der Waals surface area contributed by atoms with Gasteiger partial charge in [-0.15, -0.1) is 10.2 Å².